The Morgan fingerprint density at radius 1 is 1.00 bits per heavy atom. The van der Waals surface area contributed by atoms with E-state index in [1.807, 2.05) is 36.4 Å². The number of benzene rings is 3. The molecular weight excluding hydrogens is 390 g/mol. The van der Waals surface area contributed by atoms with Crippen molar-refractivity contribution >= 4 is 29.3 Å². The molecule has 144 valence electrons. The number of hydrogen-bond acceptors (Lipinski definition) is 3. The summed E-state index contributed by atoms with van der Waals surface area (Å²) < 4.78 is 5.57. The summed E-state index contributed by atoms with van der Waals surface area (Å²) in [5, 5.41) is 3.42. The van der Waals surface area contributed by atoms with Crippen molar-refractivity contribution in [3.8, 4) is 5.75 Å². The number of hydrogen-bond donors (Lipinski definition) is 1. The van der Waals surface area contributed by atoms with E-state index >= 15 is 0 Å². The van der Waals surface area contributed by atoms with Gasteiger partial charge in [0.05, 0.1) is 11.6 Å². The minimum Gasteiger partial charge on any atom is -0.490 e. The molecule has 1 N–H and O–H groups in total. The van der Waals surface area contributed by atoms with Crippen LogP contribution in [0.3, 0.4) is 0 Å². The highest BCUT2D eigenvalue weighted by Gasteiger charge is 2.06. The van der Waals surface area contributed by atoms with Gasteiger partial charge >= 0.3 is 0 Å². The normalized spacial score (nSPS) is 10.5. The average Bonchev–Trinajstić information content (AvgIpc) is 2.72. The molecule has 28 heavy (non-hydrogen) atoms. The fourth-order valence-corrected chi connectivity index (χ4v) is 3.59. The molecule has 1 amide bonds. The van der Waals surface area contributed by atoms with E-state index in [1.54, 1.807) is 23.9 Å². The van der Waals surface area contributed by atoms with Gasteiger partial charge in [-0.2, -0.15) is 0 Å². The number of amides is 1. The Morgan fingerprint density at radius 2 is 1.71 bits per heavy atom. The topological polar surface area (TPSA) is 38.3 Å². The number of carbonyl (C=O) groups excluding carboxylic acids is 1. The Bertz CT molecular complexity index is 911. The highest BCUT2D eigenvalue weighted by molar-refractivity contribution is 7.98. The van der Waals surface area contributed by atoms with Gasteiger partial charge in [0.2, 0.25) is 0 Å². The minimum absolute atomic E-state index is 0.111. The summed E-state index contributed by atoms with van der Waals surface area (Å²) in [6.07, 6.45) is 0. The molecule has 0 spiro atoms. The zero-order valence-electron chi connectivity index (χ0n) is 15.7. The number of carbonyl (C=O) groups is 1. The smallest absolute Gasteiger partial charge is 0.251 e. The summed E-state index contributed by atoms with van der Waals surface area (Å²) in [5.74, 6) is 1.38. The Labute approximate surface area is 175 Å². The number of ether oxygens (including phenoxy) is 1. The number of nitrogens with one attached hydrogen (secondary N) is 1. The van der Waals surface area contributed by atoms with Crippen molar-refractivity contribution in [3.63, 3.8) is 0 Å². The van der Waals surface area contributed by atoms with E-state index in [4.69, 9.17) is 16.3 Å². The molecule has 5 heteroatoms. The van der Waals surface area contributed by atoms with Crippen LogP contribution < -0.4 is 10.1 Å². The zero-order valence-corrected chi connectivity index (χ0v) is 17.2. The summed E-state index contributed by atoms with van der Waals surface area (Å²) in [6, 6.07) is 23.5. The first kappa shape index (κ1) is 20.3. The van der Waals surface area contributed by atoms with Crippen LogP contribution in [0.2, 0.25) is 5.02 Å². The number of para-hydroxylation sites is 1. The van der Waals surface area contributed by atoms with E-state index in [-0.39, 0.29) is 5.91 Å². The van der Waals surface area contributed by atoms with Crippen molar-refractivity contribution < 1.29 is 9.53 Å². The Hall–Kier alpha value is -2.43. The lowest BCUT2D eigenvalue weighted by Crippen LogP contribution is -2.28. The SMILES string of the molecule is Cc1ccc(SCc2ccc(C(=O)NCCOc3ccccc3Cl)cc2)cc1. The largest absolute Gasteiger partial charge is 0.490 e. The number of rotatable bonds is 8. The van der Waals surface area contributed by atoms with Crippen molar-refractivity contribution in [1.82, 2.24) is 5.32 Å². The van der Waals surface area contributed by atoms with Crippen LogP contribution in [0.25, 0.3) is 0 Å². The van der Waals surface area contributed by atoms with E-state index in [9.17, 15) is 4.79 Å². The molecule has 3 aromatic carbocycles. The molecule has 0 aliphatic heterocycles. The van der Waals surface area contributed by atoms with Crippen LogP contribution in [0.15, 0.2) is 77.7 Å². The average molecular weight is 412 g/mol. The summed E-state index contributed by atoms with van der Waals surface area (Å²) in [4.78, 5) is 13.5. The van der Waals surface area contributed by atoms with Crippen molar-refractivity contribution in [2.24, 2.45) is 0 Å². The third-order valence-electron chi connectivity index (χ3n) is 4.12. The van der Waals surface area contributed by atoms with E-state index in [1.165, 1.54) is 16.0 Å². The summed E-state index contributed by atoms with van der Waals surface area (Å²) >= 11 is 7.82. The van der Waals surface area contributed by atoms with Gasteiger partial charge in [-0.05, 0) is 48.9 Å². The third kappa shape index (κ3) is 6.04. The maximum atomic E-state index is 12.2. The second kappa shape index (κ2) is 10.2. The van der Waals surface area contributed by atoms with Crippen LogP contribution in [0, 0.1) is 6.92 Å². The molecule has 3 aromatic rings. The van der Waals surface area contributed by atoms with Crippen LogP contribution in [-0.2, 0) is 5.75 Å². The van der Waals surface area contributed by atoms with E-state index in [0.717, 1.165) is 5.75 Å². The van der Waals surface area contributed by atoms with Gasteiger partial charge < -0.3 is 10.1 Å². The first-order chi connectivity index (χ1) is 13.6. The molecule has 0 unspecified atom stereocenters. The molecule has 0 atom stereocenters. The van der Waals surface area contributed by atoms with Crippen molar-refractivity contribution in [2.75, 3.05) is 13.2 Å². The van der Waals surface area contributed by atoms with Gasteiger partial charge in [-0.1, -0.05) is 53.6 Å². The van der Waals surface area contributed by atoms with E-state index in [2.05, 4.69) is 36.5 Å². The molecule has 3 rings (SSSR count). The van der Waals surface area contributed by atoms with Gasteiger partial charge in [0, 0.05) is 16.2 Å². The summed E-state index contributed by atoms with van der Waals surface area (Å²) in [6.45, 7) is 2.86. The lowest BCUT2D eigenvalue weighted by atomic mass is 10.1. The third-order valence-corrected chi connectivity index (χ3v) is 5.52. The van der Waals surface area contributed by atoms with E-state index in [0.29, 0.717) is 29.5 Å². The van der Waals surface area contributed by atoms with Gasteiger partial charge in [0.1, 0.15) is 12.4 Å². The second-order valence-corrected chi connectivity index (χ2v) is 7.79. The summed E-state index contributed by atoms with van der Waals surface area (Å²) in [5.41, 5.74) is 3.09. The standard InChI is InChI=1S/C23H22ClNO2S/c1-17-6-12-20(13-7-17)28-16-18-8-10-19(11-9-18)23(26)25-14-15-27-22-5-3-2-4-21(22)24/h2-13H,14-16H2,1H3,(H,25,26). The van der Waals surface area contributed by atoms with Gasteiger partial charge in [-0.15, -0.1) is 11.8 Å². The molecule has 0 aromatic heterocycles. The Balaban J connectivity index is 1.43. The molecule has 3 nitrogen and oxygen atoms in total. The van der Waals surface area contributed by atoms with Gasteiger partial charge in [-0.25, -0.2) is 0 Å². The van der Waals surface area contributed by atoms with Crippen molar-refractivity contribution in [2.45, 2.75) is 17.6 Å². The second-order valence-electron chi connectivity index (χ2n) is 6.33. The molecule has 0 radical (unpaired) electrons. The van der Waals surface area contributed by atoms with Crippen molar-refractivity contribution in [3.05, 3.63) is 94.5 Å². The van der Waals surface area contributed by atoms with Gasteiger partial charge in [0.25, 0.3) is 5.91 Å². The lowest BCUT2D eigenvalue weighted by Gasteiger charge is -2.09. The summed E-state index contributed by atoms with van der Waals surface area (Å²) in [7, 11) is 0. The molecule has 0 saturated carbocycles. The Kier molecular flexibility index (Phi) is 7.40. The molecule has 0 aliphatic rings. The maximum absolute atomic E-state index is 12.2. The number of thioether (sulfide) groups is 1. The molecule has 0 aliphatic carbocycles. The maximum Gasteiger partial charge on any atom is 0.251 e. The van der Waals surface area contributed by atoms with E-state index < -0.39 is 0 Å². The van der Waals surface area contributed by atoms with Crippen LogP contribution in [0.5, 0.6) is 5.75 Å². The Morgan fingerprint density at radius 3 is 2.43 bits per heavy atom. The number of halogens is 1. The highest BCUT2D eigenvalue weighted by atomic mass is 35.5. The van der Waals surface area contributed by atoms with Crippen LogP contribution in [0.1, 0.15) is 21.5 Å². The molecule has 0 fully saturated rings. The first-order valence-electron chi connectivity index (χ1n) is 9.06. The molecule has 0 heterocycles. The monoisotopic (exact) mass is 411 g/mol. The van der Waals surface area contributed by atoms with Crippen LogP contribution in [0.4, 0.5) is 0 Å². The lowest BCUT2D eigenvalue weighted by molar-refractivity contribution is 0.0947. The minimum atomic E-state index is -0.111. The van der Waals surface area contributed by atoms with Crippen LogP contribution in [-0.4, -0.2) is 19.1 Å². The van der Waals surface area contributed by atoms with Crippen molar-refractivity contribution in [1.29, 1.82) is 0 Å². The predicted octanol–water partition coefficient (Wildman–Crippen LogP) is 5.75. The fourth-order valence-electron chi connectivity index (χ4n) is 2.54. The molecule has 0 bridgehead atoms. The van der Waals surface area contributed by atoms with Gasteiger partial charge in [0.15, 0.2) is 0 Å². The quantitative estimate of drug-likeness (QED) is 0.379. The fraction of sp³-hybridized carbons (Fsp3) is 0.174. The first-order valence-corrected chi connectivity index (χ1v) is 10.4. The highest BCUT2D eigenvalue weighted by Crippen LogP contribution is 2.24. The number of aryl methyl sites for hydroxylation is 1. The molecular formula is C23H22ClNO2S. The predicted molar refractivity (Wildman–Crippen MR) is 116 cm³/mol. The van der Waals surface area contributed by atoms with Crippen LogP contribution >= 0.6 is 23.4 Å². The van der Waals surface area contributed by atoms with Gasteiger partial charge in [-0.3, -0.25) is 4.79 Å². The zero-order chi connectivity index (χ0) is 19.8. The molecule has 0 saturated heterocycles.